The molecule has 1 aliphatic rings. The molecule has 21 heavy (non-hydrogen) atoms. The van der Waals surface area contributed by atoms with Crippen molar-refractivity contribution >= 4 is 17.3 Å². The largest absolute Gasteiger partial charge is 0.390 e. The highest BCUT2D eigenvalue weighted by Crippen LogP contribution is 2.24. The van der Waals surface area contributed by atoms with Gasteiger partial charge in [-0.3, -0.25) is 4.79 Å². The highest BCUT2D eigenvalue weighted by atomic mass is 16.5. The Morgan fingerprint density at radius 1 is 1.10 bits per heavy atom. The molecule has 1 amide bonds. The van der Waals surface area contributed by atoms with Gasteiger partial charge in [-0.2, -0.15) is 5.26 Å². The van der Waals surface area contributed by atoms with Gasteiger partial charge in [0.1, 0.15) is 0 Å². The number of benzodiazepines with no additional fused rings is 1. The molecule has 1 unspecified atom stereocenters. The Bertz CT molecular complexity index is 748. The van der Waals surface area contributed by atoms with Crippen LogP contribution in [0.1, 0.15) is 11.1 Å². The predicted octanol–water partition coefficient (Wildman–Crippen LogP) is 2.30. The molecule has 0 fully saturated rings. The van der Waals surface area contributed by atoms with Gasteiger partial charge in [-0.15, -0.1) is 0 Å². The van der Waals surface area contributed by atoms with Crippen LogP contribution in [0.4, 0.5) is 5.69 Å². The van der Waals surface area contributed by atoms with E-state index in [1.54, 1.807) is 6.07 Å². The van der Waals surface area contributed by atoms with Gasteiger partial charge >= 0.3 is 0 Å². The Kier molecular flexibility index (Phi) is 3.36. The summed E-state index contributed by atoms with van der Waals surface area (Å²) in [5.74, 6) is -0.463. The molecular formula is C16H11N3O2. The summed E-state index contributed by atoms with van der Waals surface area (Å²) in [5, 5.41) is 11.4. The van der Waals surface area contributed by atoms with Gasteiger partial charge in [0.25, 0.3) is 18.4 Å². The standard InChI is InChI=1S/C16H11N3O2/c17-10-21-16-15(20)18-13-9-5-4-8-12(13)14(19-16)11-6-2-1-3-7-11/h1-9,16H,(H,18,20). The molecule has 2 aromatic rings. The van der Waals surface area contributed by atoms with Gasteiger partial charge in [0, 0.05) is 11.1 Å². The minimum Gasteiger partial charge on any atom is -0.390 e. The van der Waals surface area contributed by atoms with E-state index >= 15 is 0 Å². The number of para-hydroxylation sites is 1. The first-order valence-corrected chi connectivity index (χ1v) is 6.38. The fourth-order valence-corrected chi connectivity index (χ4v) is 2.19. The number of fused-ring (bicyclic) bond motifs is 1. The second kappa shape index (κ2) is 5.47. The summed E-state index contributed by atoms with van der Waals surface area (Å²) in [6.45, 7) is 0. The maximum absolute atomic E-state index is 12.0. The minimum absolute atomic E-state index is 0.463. The lowest BCUT2D eigenvalue weighted by Crippen LogP contribution is -2.26. The molecule has 0 spiro atoms. The number of amides is 1. The van der Waals surface area contributed by atoms with Crippen LogP contribution < -0.4 is 5.32 Å². The van der Waals surface area contributed by atoms with Gasteiger partial charge < -0.3 is 10.1 Å². The number of aliphatic imine (C=N–C) groups is 1. The summed E-state index contributed by atoms with van der Waals surface area (Å²) in [5.41, 5.74) is 2.91. The maximum atomic E-state index is 12.0. The number of anilines is 1. The van der Waals surface area contributed by atoms with E-state index in [4.69, 9.17) is 10.00 Å². The molecule has 102 valence electrons. The lowest BCUT2D eigenvalue weighted by atomic mass is 10.0. The fourth-order valence-electron chi connectivity index (χ4n) is 2.19. The molecule has 0 bridgehead atoms. The molecule has 1 atom stereocenters. The second-order valence-corrected chi connectivity index (χ2v) is 4.44. The highest BCUT2D eigenvalue weighted by Gasteiger charge is 2.26. The number of nitriles is 1. The number of rotatable bonds is 2. The topological polar surface area (TPSA) is 74.5 Å². The van der Waals surface area contributed by atoms with E-state index in [1.807, 2.05) is 48.5 Å². The first kappa shape index (κ1) is 12.9. The molecule has 3 rings (SSSR count). The van der Waals surface area contributed by atoms with Crippen molar-refractivity contribution in [1.29, 1.82) is 5.26 Å². The minimum atomic E-state index is -1.18. The summed E-state index contributed by atoms with van der Waals surface area (Å²) in [4.78, 5) is 16.4. The normalized spacial score (nSPS) is 16.8. The third kappa shape index (κ3) is 2.47. The summed E-state index contributed by atoms with van der Waals surface area (Å²) >= 11 is 0. The van der Waals surface area contributed by atoms with Crippen molar-refractivity contribution in [2.45, 2.75) is 6.23 Å². The molecular weight excluding hydrogens is 266 g/mol. The van der Waals surface area contributed by atoms with Crippen molar-refractivity contribution < 1.29 is 9.53 Å². The van der Waals surface area contributed by atoms with Crippen molar-refractivity contribution in [2.24, 2.45) is 4.99 Å². The smallest absolute Gasteiger partial charge is 0.289 e. The van der Waals surface area contributed by atoms with Gasteiger partial charge in [-0.25, -0.2) is 4.99 Å². The highest BCUT2D eigenvalue weighted by molar-refractivity contribution is 6.19. The number of ether oxygens (including phenoxy) is 1. The van der Waals surface area contributed by atoms with E-state index in [-0.39, 0.29) is 0 Å². The number of benzene rings is 2. The zero-order valence-electron chi connectivity index (χ0n) is 11.0. The number of nitrogens with zero attached hydrogens (tertiary/aromatic N) is 2. The lowest BCUT2D eigenvalue weighted by molar-refractivity contribution is -0.123. The first-order chi connectivity index (χ1) is 10.3. The Morgan fingerprint density at radius 2 is 1.81 bits per heavy atom. The average molecular weight is 277 g/mol. The molecule has 0 saturated heterocycles. The van der Waals surface area contributed by atoms with Gasteiger partial charge in [0.05, 0.1) is 11.4 Å². The van der Waals surface area contributed by atoms with E-state index in [2.05, 4.69) is 10.3 Å². The molecule has 0 aromatic heterocycles. The van der Waals surface area contributed by atoms with Crippen LogP contribution >= 0.6 is 0 Å². The first-order valence-electron chi connectivity index (χ1n) is 6.38. The van der Waals surface area contributed by atoms with Gasteiger partial charge in [0.15, 0.2) is 0 Å². The lowest BCUT2D eigenvalue weighted by Gasteiger charge is -2.08. The molecule has 0 radical (unpaired) electrons. The summed E-state index contributed by atoms with van der Waals surface area (Å²) in [7, 11) is 0. The Morgan fingerprint density at radius 3 is 2.57 bits per heavy atom. The van der Waals surface area contributed by atoms with Crippen LogP contribution in [-0.4, -0.2) is 17.8 Å². The fraction of sp³-hybridized carbons (Fsp3) is 0.0625. The van der Waals surface area contributed by atoms with Crippen molar-refractivity contribution in [1.82, 2.24) is 0 Å². The molecule has 2 aromatic carbocycles. The Labute approximate surface area is 121 Å². The van der Waals surface area contributed by atoms with E-state index in [9.17, 15) is 4.79 Å². The van der Waals surface area contributed by atoms with Crippen LogP contribution in [0.2, 0.25) is 0 Å². The monoisotopic (exact) mass is 277 g/mol. The van der Waals surface area contributed by atoms with Crippen molar-refractivity contribution in [3.63, 3.8) is 0 Å². The zero-order valence-corrected chi connectivity index (χ0v) is 11.0. The second-order valence-electron chi connectivity index (χ2n) is 4.44. The molecule has 5 heteroatoms. The zero-order chi connectivity index (χ0) is 14.7. The van der Waals surface area contributed by atoms with Crippen LogP contribution in [0, 0.1) is 11.5 Å². The molecule has 1 heterocycles. The molecule has 0 aliphatic carbocycles. The van der Waals surface area contributed by atoms with Crippen LogP contribution in [0.3, 0.4) is 0 Å². The van der Waals surface area contributed by atoms with E-state index in [0.29, 0.717) is 11.4 Å². The average Bonchev–Trinajstić information content (AvgIpc) is 2.66. The van der Waals surface area contributed by atoms with E-state index in [0.717, 1.165) is 11.1 Å². The molecule has 5 nitrogen and oxygen atoms in total. The van der Waals surface area contributed by atoms with Crippen LogP contribution in [-0.2, 0) is 9.53 Å². The Balaban J connectivity index is 2.18. The number of hydrogen-bond donors (Lipinski definition) is 1. The van der Waals surface area contributed by atoms with Crippen LogP contribution in [0.15, 0.2) is 59.6 Å². The quantitative estimate of drug-likeness (QED) is 0.856. The van der Waals surface area contributed by atoms with Crippen LogP contribution in [0.5, 0.6) is 0 Å². The number of carbonyl (C=O) groups excluding carboxylic acids is 1. The summed E-state index contributed by atoms with van der Waals surface area (Å²) in [6.07, 6.45) is 0.344. The van der Waals surface area contributed by atoms with Gasteiger partial charge in [-0.05, 0) is 6.07 Å². The molecule has 0 saturated carbocycles. The van der Waals surface area contributed by atoms with Gasteiger partial charge in [0.2, 0.25) is 0 Å². The van der Waals surface area contributed by atoms with Crippen molar-refractivity contribution in [2.75, 3.05) is 5.32 Å². The number of nitrogens with one attached hydrogen (secondary N) is 1. The summed E-state index contributed by atoms with van der Waals surface area (Å²) in [6, 6.07) is 16.8. The SMILES string of the molecule is N#COC1N=C(c2ccccc2)c2ccccc2NC1=O. The Hall–Kier alpha value is -3.13. The van der Waals surface area contributed by atoms with Crippen molar-refractivity contribution in [3.05, 3.63) is 65.7 Å². The number of hydrogen-bond acceptors (Lipinski definition) is 4. The van der Waals surface area contributed by atoms with E-state index in [1.165, 1.54) is 6.26 Å². The molecule has 1 N–H and O–H groups in total. The third-order valence-corrected chi connectivity index (χ3v) is 3.12. The molecule has 1 aliphatic heterocycles. The number of carbonyl (C=O) groups is 1. The van der Waals surface area contributed by atoms with Gasteiger partial charge in [-0.1, -0.05) is 48.5 Å². The maximum Gasteiger partial charge on any atom is 0.289 e. The van der Waals surface area contributed by atoms with E-state index < -0.39 is 12.1 Å². The van der Waals surface area contributed by atoms with Crippen molar-refractivity contribution in [3.8, 4) is 6.26 Å². The predicted molar refractivity (Wildman–Crippen MR) is 77.6 cm³/mol. The summed E-state index contributed by atoms with van der Waals surface area (Å²) < 4.78 is 4.76. The third-order valence-electron chi connectivity index (χ3n) is 3.12. The van der Waals surface area contributed by atoms with Crippen LogP contribution in [0.25, 0.3) is 0 Å².